The Balaban J connectivity index is 1.65. The summed E-state index contributed by atoms with van der Waals surface area (Å²) in [4.78, 5) is 2.06. The number of anilines is 1. The third-order valence-corrected chi connectivity index (χ3v) is 4.78. The SMILES string of the molecule is CN(C)c1ccc(/C=N\n2cnnc2SCc2ccc(Cl)cc2)cc1. The molecule has 0 spiro atoms. The molecule has 0 aliphatic rings. The zero-order valence-corrected chi connectivity index (χ0v) is 15.6. The standard InChI is InChI=1S/C18H18ClN5S/c1-23(2)17-9-5-14(6-10-17)11-21-24-13-20-22-18(24)25-12-15-3-7-16(19)8-4-15/h3-11,13H,12H2,1-2H3/b21-11-. The number of nitrogens with zero attached hydrogens (tertiary/aromatic N) is 5. The summed E-state index contributed by atoms with van der Waals surface area (Å²) in [5.74, 6) is 0.781. The molecule has 3 rings (SSSR count). The molecular formula is C18H18ClN5S. The van der Waals surface area contributed by atoms with Crippen molar-refractivity contribution in [2.75, 3.05) is 19.0 Å². The van der Waals surface area contributed by atoms with E-state index in [1.807, 2.05) is 50.5 Å². The van der Waals surface area contributed by atoms with Gasteiger partial charge in [-0.3, -0.25) is 0 Å². The van der Waals surface area contributed by atoms with E-state index in [-0.39, 0.29) is 0 Å². The molecule has 2 aromatic carbocycles. The van der Waals surface area contributed by atoms with Crippen molar-refractivity contribution < 1.29 is 0 Å². The average Bonchev–Trinajstić information content (AvgIpc) is 3.07. The maximum Gasteiger partial charge on any atom is 0.212 e. The number of benzene rings is 2. The zero-order valence-electron chi connectivity index (χ0n) is 14.0. The number of hydrogen-bond donors (Lipinski definition) is 0. The molecule has 0 unspecified atom stereocenters. The number of rotatable bonds is 6. The van der Waals surface area contributed by atoms with Crippen LogP contribution in [-0.2, 0) is 5.75 Å². The maximum atomic E-state index is 5.91. The van der Waals surface area contributed by atoms with Crippen molar-refractivity contribution in [1.82, 2.24) is 14.9 Å². The number of halogens is 1. The highest BCUT2D eigenvalue weighted by Crippen LogP contribution is 2.21. The second-order valence-electron chi connectivity index (χ2n) is 5.60. The van der Waals surface area contributed by atoms with Crippen molar-refractivity contribution in [1.29, 1.82) is 0 Å². The van der Waals surface area contributed by atoms with Gasteiger partial charge >= 0.3 is 0 Å². The number of hydrogen-bond acceptors (Lipinski definition) is 5. The fourth-order valence-corrected chi connectivity index (χ4v) is 3.06. The molecule has 0 fully saturated rings. The van der Waals surface area contributed by atoms with Gasteiger partial charge in [-0.15, -0.1) is 10.2 Å². The minimum Gasteiger partial charge on any atom is -0.378 e. The predicted octanol–water partition coefficient (Wildman–Crippen LogP) is 4.17. The Kier molecular flexibility index (Phi) is 5.73. The highest BCUT2D eigenvalue weighted by atomic mass is 35.5. The van der Waals surface area contributed by atoms with Crippen molar-refractivity contribution in [3.8, 4) is 0 Å². The third-order valence-electron chi connectivity index (χ3n) is 3.52. The van der Waals surface area contributed by atoms with E-state index in [9.17, 15) is 0 Å². The minimum atomic E-state index is 0.738. The van der Waals surface area contributed by atoms with Crippen LogP contribution in [0.3, 0.4) is 0 Å². The summed E-state index contributed by atoms with van der Waals surface area (Å²) in [6, 6.07) is 16.0. The Morgan fingerprint density at radius 1 is 1.12 bits per heavy atom. The van der Waals surface area contributed by atoms with Crippen LogP contribution in [0.25, 0.3) is 0 Å². The zero-order chi connectivity index (χ0) is 17.6. The first-order chi connectivity index (χ1) is 12.1. The lowest BCUT2D eigenvalue weighted by Crippen LogP contribution is -2.08. The molecule has 25 heavy (non-hydrogen) atoms. The monoisotopic (exact) mass is 371 g/mol. The van der Waals surface area contributed by atoms with Gasteiger partial charge in [0.2, 0.25) is 5.16 Å². The minimum absolute atomic E-state index is 0.738. The highest BCUT2D eigenvalue weighted by Gasteiger charge is 2.04. The predicted molar refractivity (Wildman–Crippen MR) is 105 cm³/mol. The van der Waals surface area contributed by atoms with Gasteiger partial charge in [0.15, 0.2) is 0 Å². The molecule has 7 heteroatoms. The van der Waals surface area contributed by atoms with Gasteiger partial charge in [-0.2, -0.15) is 9.78 Å². The van der Waals surface area contributed by atoms with Crippen molar-refractivity contribution in [3.63, 3.8) is 0 Å². The Labute approximate surface area is 156 Å². The van der Waals surface area contributed by atoms with Crippen LogP contribution in [0.2, 0.25) is 5.02 Å². The van der Waals surface area contributed by atoms with E-state index in [0.29, 0.717) is 0 Å². The molecule has 0 N–H and O–H groups in total. The Morgan fingerprint density at radius 2 is 1.84 bits per heavy atom. The van der Waals surface area contributed by atoms with Gasteiger partial charge in [0.05, 0.1) is 6.21 Å². The molecule has 0 amide bonds. The Hall–Kier alpha value is -2.31. The quantitative estimate of drug-likeness (QED) is 0.482. The molecule has 1 aromatic heterocycles. The molecule has 5 nitrogen and oxygen atoms in total. The molecule has 1 heterocycles. The van der Waals surface area contributed by atoms with Crippen molar-refractivity contribution in [2.24, 2.45) is 5.10 Å². The fraction of sp³-hybridized carbons (Fsp3) is 0.167. The summed E-state index contributed by atoms with van der Waals surface area (Å²) in [6.45, 7) is 0. The van der Waals surface area contributed by atoms with E-state index in [1.165, 1.54) is 5.56 Å². The normalized spacial score (nSPS) is 11.2. The van der Waals surface area contributed by atoms with Crippen LogP contribution >= 0.6 is 23.4 Å². The summed E-state index contributed by atoms with van der Waals surface area (Å²) in [5, 5.41) is 14.0. The summed E-state index contributed by atoms with van der Waals surface area (Å²) in [5.41, 5.74) is 3.35. The van der Waals surface area contributed by atoms with Crippen molar-refractivity contribution in [3.05, 3.63) is 71.0 Å². The second-order valence-corrected chi connectivity index (χ2v) is 6.98. The highest BCUT2D eigenvalue weighted by molar-refractivity contribution is 7.98. The van der Waals surface area contributed by atoms with Crippen molar-refractivity contribution >= 4 is 35.3 Å². The average molecular weight is 372 g/mol. The van der Waals surface area contributed by atoms with E-state index in [0.717, 1.165) is 27.2 Å². The molecule has 128 valence electrons. The smallest absolute Gasteiger partial charge is 0.212 e. The molecule has 0 aliphatic heterocycles. The van der Waals surface area contributed by atoms with Gasteiger partial charge in [0.1, 0.15) is 6.33 Å². The molecule has 0 saturated carbocycles. The van der Waals surface area contributed by atoms with E-state index in [2.05, 4.69) is 32.3 Å². The first-order valence-electron chi connectivity index (χ1n) is 7.71. The van der Waals surface area contributed by atoms with Crippen LogP contribution in [0.4, 0.5) is 5.69 Å². The molecule has 0 aliphatic carbocycles. The largest absolute Gasteiger partial charge is 0.378 e. The first kappa shape index (κ1) is 17.5. The van der Waals surface area contributed by atoms with Gasteiger partial charge in [-0.25, -0.2) is 0 Å². The van der Waals surface area contributed by atoms with Gasteiger partial charge in [-0.1, -0.05) is 47.6 Å². The first-order valence-corrected chi connectivity index (χ1v) is 9.07. The molecule has 0 atom stereocenters. The van der Waals surface area contributed by atoms with E-state index in [4.69, 9.17) is 11.6 Å². The molecule has 0 radical (unpaired) electrons. The van der Waals surface area contributed by atoms with Crippen LogP contribution in [0.15, 0.2) is 65.1 Å². The van der Waals surface area contributed by atoms with Crippen LogP contribution in [0.5, 0.6) is 0 Å². The van der Waals surface area contributed by atoms with Crippen molar-refractivity contribution in [2.45, 2.75) is 10.9 Å². The molecule has 0 saturated heterocycles. The summed E-state index contributed by atoms with van der Waals surface area (Å²) >= 11 is 7.49. The van der Waals surface area contributed by atoms with Gasteiger partial charge in [-0.05, 0) is 35.4 Å². The van der Waals surface area contributed by atoms with E-state index in [1.54, 1.807) is 29.0 Å². The lowest BCUT2D eigenvalue weighted by molar-refractivity contribution is 0.767. The van der Waals surface area contributed by atoms with Gasteiger partial charge in [0.25, 0.3) is 0 Å². The fourth-order valence-electron chi connectivity index (χ4n) is 2.11. The van der Waals surface area contributed by atoms with Crippen LogP contribution in [0, 0.1) is 0 Å². The van der Waals surface area contributed by atoms with Crippen LogP contribution in [-0.4, -0.2) is 35.2 Å². The van der Waals surface area contributed by atoms with Gasteiger partial charge < -0.3 is 4.90 Å². The second kappa shape index (κ2) is 8.18. The van der Waals surface area contributed by atoms with E-state index >= 15 is 0 Å². The summed E-state index contributed by atoms with van der Waals surface area (Å²) in [6.07, 6.45) is 3.41. The number of aromatic nitrogens is 3. The number of thioether (sulfide) groups is 1. The van der Waals surface area contributed by atoms with Gasteiger partial charge in [0, 0.05) is 30.6 Å². The summed E-state index contributed by atoms with van der Waals surface area (Å²) < 4.78 is 1.68. The maximum absolute atomic E-state index is 5.91. The third kappa shape index (κ3) is 4.84. The lowest BCUT2D eigenvalue weighted by atomic mass is 10.2. The topological polar surface area (TPSA) is 46.3 Å². The lowest BCUT2D eigenvalue weighted by Gasteiger charge is -2.11. The molecule has 3 aromatic rings. The van der Waals surface area contributed by atoms with E-state index < -0.39 is 0 Å². The Bertz CT molecular complexity index is 841. The Morgan fingerprint density at radius 3 is 2.52 bits per heavy atom. The summed E-state index contributed by atoms with van der Waals surface area (Å²) in [7, 11) is 4.04. The van der Waals surface area contributed by atoms with Crippen LogP contribution in [0.1, 0.15) is 11.1 Å². The molecule has 0 bridgehead atoms. The molecular weight excluding hydrogens is 354 g/mol. The van der Waals surface area contributed by atoms with Crippen LogP contribution < -0.4 is 4.90 Å².